The Balaban J connectivity index is 2.26. The smallest absolute Gasteiger partial charge is 0.203 e. The van der Waals surface area contributed by atoms with E-state index in [-0.39, 0.29) is 0 Å². The van der Waals surface area contributed by atoms with E-state index in [4.69, 9.17) is 19.2 Å². The van der Waals surface area contributed by atoms with Gasteiger partial charge in [-0.25, -0.2) is 4.99 Å². The number of ether oxygens (including phenoxy) is 3. The van der Waals surface area contributed by atoms with Crippen molar-refractivity contribution in [1.82, 2.24) is 10.2 Å². The number of nitrogens with one attached hydrogen (secondary N) is 1. The second-order valence-corrected chi connectivity index (χ2v) is 7.01. The summed E-state index contributed by atoms with van der Waals surface area (Å²) in [5, 5.41) is 3.43. The zero-order valence-electron chi connectivity index (χ0n) is 17.0. The predicted octanol–water partition coefficient (Wildman–Crippen LogP) is 3.16. The van der Waals surface area contributed by atoms with Gasteiger partial charge >= 0.3 is 0 Å². The van der Waals surface area contributed by atoms with E-state index in [1.807, 2.05) is 12.1 Å². The lowest BCUT2D eigenvalue weighted by molar-refractivity contribution is 0.208. The minimum absolute atomic E-state index is 0.519. The van der Waals surface area contributed by atoms with Gasteiger partial charge in [0.1, 0.15) is 0 Å². The molecule has 6 heteroatoms. The lowest BCUT2D eigenvalue weighted by atomic mass is 9.92. The fraction of sp³-hybridized carbons (Fsp3) is 0.650. The zero-order valence-corrected chi connectivity index (χ0v) is 17.0. The third kappa shape index (κ3) is 4.74. The van der Waals surface area contributed by atoms with E-state index in [0.29, 0.717) is 35.6 Å². The molecule has 1 aromatic rings. The molecule has 2 rings (SSSR count). The van der Waals surface area contributed by atoms with Crippen molar-refractivity contribution in [3.63, 3.8) is 0 Å². The number of hydrogen-bond donors (Lipinski definition) is 1. The average molecular weight is 364 g/mol. The van der Waals surface area contributed by atoms with Crippen molar-refractivity contribution < 1.29 is 14.2 Å². The maximum Gasteiger partial charge on any atom is 0.203 e. The maximum absolute atomic E-state index is 5.57. The van der Waals surface area contributed by atoms with Crippen molar-refractivity contribution in [2.24, 2.45) is 16.8 Å². The molecular formula is C20H33N3O3. The molecular weight excluding hydrogens is 330 g/mol. The van der Waals surface area contributed by atoms with Crippen molar-refractivity contribution >= 4 is 5.96 Å². The third-order valence-corrected chi connectivity index (χ3v) is 4.69. The molecule has 6 nitrogen and oxygen atoms in total. The average Bonchev–Trinajstić information content (AvgIpc) is 2.63. The third-order valence-electron chi connectivity index (χ3n) is 4.69. The van der Waals surface area contributed by atoms with Gasteiger partial charge in [-0.1, -0.05) is 13.8 Å². The van der Waals surface area contributed by atoms with Crippen LogP contribution in [0.5, 0.6) is 17.2 Å². The van der Waals surface area contributed by atoms with Gasteiger partial charge in [-0.3, -0.25) is 0 Å². The van der Waals surface area contributed by atoms with Gasteiger partial charge in [0.25, 0.3) is 0 Å². The molecule has 1 aromatic carbocycles. The first kappa shape index (κ1) is 20.2. The number of nitrogens with zero attached hydrogens (tertiary/aromatic N) is 2. The van der Waals surface area contributed by atoms with Gasteiger partial charge < -0.3 is 24.4 Å². The van der Waals surface area contributed by atoms with E-state index in [0.717, 1.165) is 31.2 Å². The van der Waals surface area contributed by atoms with E-state index >= 15 is 0 Å². The Labute approximate surface area is 157 Å². The molecule has 0 radical (unpaired) electrons. The van der Waals surface area contributed by atoms with Gasteiger partial charge in [0.2, 0.25) is 5.75 Å². The van der Waals surface area contributed by atoms with Gasteiger partial charge in [-0.2, -0.15) is 0 Å². The maximum atomic E-state index is 5.57. The van der Waals surface area contributed by atoms with Gasteiger partial charge in [-0.15, -0.1) is 0 Å². The minimum Gasteiger partial charge on any atom is -0.493 e. The fourth-order valence-electron chi connectivity index (χ4n) is 3.71. The number of aliphatic imine (C=N–C) groups is 1. The molecule has 0 saturated carbocycles. The number of benzene rings is 1. The van der Waals surface area contributed by atoms with Crippen LogP contribution in [-0.4, -0.2) is 51.8 Å². The standard InChI is InChI=1S/C20H33N3O3/c1-7-21-20(23-12-14(2)10-15(3)13-23)22-11-16-8-9-17(24-4)19(26-6)18(16)25-5/h8-9,14-15H,7,10-13H2,1-6H3,(H,21,22). The molecule has 0 bridgehead atoms. The normalized spacial score (nSPS) is 20.7. The second kappa shape index (κ2) is 9.55. The van der Waals surface area contributed by atoms with Crippen LogP contribution in [0.25, 0.3) is 0 Å². The van der Waals surface area contributed by atoms with Crippen molar-refractivity contribution in [3.05, 3.63) is 17.7 Å². The van der Waals surface area contributed by atoms with E-state index in [2.05, 4.69) is 31.0 Å². The molecule has 1 aliphatic heterocycles. The molecule has 26 heavy (non-hydrogen) atoms. The van der Waals surface area contributed by atoms with E-state index in [1.165, 1.54) is 6.42 Å². The highest BCUT2D eigenvalue weighted by Gasteiger charge is 2.24. The number of piperidine rings is 1. The lowest BCUT2D eigenvalue weighted by Crippen LogP contribution is -2.48. The molecule has 1 fully saturated rings. The fourth-order valence-corrected chi connectivity index (χ4v) is 3.71. The number of hydrogen-bond acceptors (Lipinski definition) is 4. The van der Waals surface area contributed by atoms with Crippen LogP contribution in [0.1, 0.15) is 32.8 Å². The summed E-state index contributed by atoms with van der Waals surface area (Å²) in [4.78, 5) is 7.24. The van der Waals surface area contributed by atoms with Gasteiger partial charge in [0.05, 0.1) is 27.9 Å². The molecule has 2 atom stereocenters. The summed E-state index contributed by atoms with van der Waals surface area (Å²) in [6, 6.07) is 3.87. The van der Waals surface area contributed by atoms with Crippen molar-refractivity contribution in [1.29, 1.82) is 0 Å². The summed E-state index contributed by atoms with van der Waals surface area (Å²) in [6.07, 6.45) is 1.28. The summed E-state index contributed by atoms with van der Waals surface area (Å²) >= 11 is 0. The van der Waals surface area contributed by atoms with Crippen LogP contribution in [0, 0.1) is 11.8 Å². The Hall–Kier alpha value is -2.11. The second-order valence-electron chi connectivity index (χ2n) is 7.01. The molecule has 1 N–H and O–H groups in total. The summed E-state index contributed by atoms with van der Waals surface area (Å²) in [7, 11) is 4.88. The molecule has 1 aliphatic rings. The first-order valence-electron chi connectivity index (χ1n) is 9.35. The van der Waals surface area contributed by atoms with Crippen LogP contribution < -0.4 is 19.5 Å². The highest BCUT2D eigenvalue weighted by atomic mass is 16.5. The minimum atomic E-state index is 0.519. The van der Waals surface area contributed by atoms with Crippen LogP contribution in [0.15, 0.2) is 17.1 Å². The molecule has 0 spiro atoms. The molecule has 2 unspecified atom stereocenters. The Morgan fingerprint density at radius 3 is 2.27 bits per heavy atom. The predicted molar refractivity (Wildman–Crippen MR) is 105 cm³/mol. The van der Waals surface area contributed by atoms with Crippen LogP contribution in [0.4, 0.5) is 0 Å². The topological polar surface area (TPSA) is 55.3 Å². The zero-order chi connectivity index (χ0) is 19.1. The van der Waals surface area contributed by atoms with Crippen LogP contribution in [-0.2, 0) is 6.54 Å². The van der Waals surface area contributed by atoms with Crippen molar-refractivity contribution in [3.8, 4) is 17.2 Å². The van der Waals surface area contributed by atoms with E-state index < -0.39 is 0 Å². The molecule has 0 aliphatic carbocycles. The molecule has 146 valence electrons. The monoisotopic (exact) mass is 363 g/mol. The number of guanidine groups is 1. The quantitative estimate of drug-likeness (QED) is 0.621. The van der Waals surface area contributed by atoms with Crippen molar-refractivity contribution in [2.75, 3.05) is 41.0 Å². The van der Waals surface area contributed by atoms with Crippen LogP contribution in [0.3, 0.4) is 0 Å². The van der Waals surface area contributed by atoms with Crippen LogP contribution in [0.2, 0.25) is 0 Å². The SMILES string of the molecule is CCNC(=NCc1ccc(OC)c(OC)c1OC)N1CC(C)CC(C)C1. The summed E-state index contributed by atoms with van der Waals surface area (Å²) < 4.78 is 16.4. The highest BCUT2D eigenvalue weighted by molar-refractivity contribution is 5.80. The van der Waals surface area contributed by atoms with Gasteiger partial charge in [0.15, 0.2) is 17.5 Å². The first-order chi connectivity index (χ1) is 12.5. The van der Waals surface area contributed by atoms with E-state index in [9.17, 15) is 0 Å². The highest BCUT2D eigenvalue weighted by Crippen LogP contribution is 2.40. The molecule has 1 saturated heterocycles. The van der Waals surface area contributed by atoms with E-state index in [1.54, 1.807) is 21.3 Å². The Morgan fingerprint density at radius 1 is 1.08 bits per heavy atom. The van der Waals surface area contributed by atoms with Crippen molar-refractivity contribution in [2.45, 2.75) is 33.7 Å². The largest absolute Gasteiger partial charge is 0.493 e. The Kier molecular flexibility index (Phi) is 7.42. The first-order valence-corrected chi connectivity index (χ1v) is 9.35. The molecule has 0 aromatic heterocycles. The number of likely N-dealkylation sites (tertiary alicyclic amines) is 1. The molecule has 0 amide bonds. The van der Waals surface area contributed by atoms with Gasteiger partial charge in [-0.05, 0) is 37.3 Å². The summed E-state index contributed by atoms with van der Waals surface area (Å²) in [5.74, 6) is 4.25. The summed E-state index contributed by atoms with van der Waals surface area (Å²) in [5.41, 5.74) is 0.971. The molecule has 1 heterocycles. The lowest BCUT2D eigenvalue weighted by Gasteiger charge is -2.37. The summed E-state index contributed by atoms with van der Waals surface area (Å²) in [6.45, 7) is 10.2. The van der Waals surface area contributed by atoms with Crippen LogP contribution >= 0.6 is 0 Å². The Morgan fingerprint density at radius 2 is 1.73 bits per heavy atom. The number of methoxy groups -OCH3 is 3. The Bertz CT molecular complexity index is 609. The van der Waals surface area contributed by atoms with Gasteiger partial charge in [0, 0.05) is 25.2 Å². The number of rotatable bonds is 6.